The Morgan fingerprint density at radius 3 is 2.70 bits per heavy atom. The Balaban J connectivity index is 1.56. The Hall–Kier alpha value is -1.55. The molecule has 0 aliphatic heterocycles. The van der Waals surface area contributed by atoms with Gasteiger partial charge in [0, 0.05) is 19.0 Å². The SMILES string of the molecule is COc1cccc(CCNCCC(=O)NC2CCCCCC2)c1. The van der Waals surface area contributed by atoms with Crippen LogP contribution in [0.2, 0.25) is 0 Å². The molecule has 0 unspecified atom stereocenters. The molecule has 0 bridgehead atoms. The van der Waals surface area contributed by atoms with Gasteiger partial charge in [-0.2, -0.15) is 0 Å². The topological polar surface area (TPSA) is 50.4 Å². The molecule has 1 aliphatic carbocycles. The minimum atomic E-state index is 0.186. The van der Waals surface area contributed by atoms with Gasteiger partial charge in [0.1, 0.15) is 5.75 Å². The molecule has 1 aromatic rings. The standard InChI is InChI=1S/C19H30N2O2/c1-23-18-10-6-7-16(15-18)11-13-20-14-12-19(22)21-17-8-4-2-3-5-9-17/h6-7,10,15,17,20H,2-5,8-9,11-14H2,1H3,(H,21,22). The summed E-state index contributed by atoms with van der Waals surface area (Å²) in [7, 11) is 1.68. The van der Waals surface area contributed by atoms with E-state index in [1.807, 2.05) is 12.1 Å². The maximum absolute atomic E-state index is 12.0. The van der Waals surface area contributed by atoms with Gasteiger partial charge in [-0.3, -0.25) is 4.79 Å². The molecule has 2 rings (SSSR count). The molecule has 0 heterocycles. The van der Waals surface area contributed by atoms with Crippen molar-refractivity contribution >= 4 is 5.91 Å². The van der Waals surface area contributed by atoms with Crippen molar-refractivity contribution in [2.45, 2.75) is 57.4 Å². The number of nitrogens with one attached hydrogen (secondary N) is 2. The summed E-state index contributed by atoms with van der Waals surface area (Å²) in [5, 5.41) is 6.54. The van der Waals surface area contributed by atoms with Gasteiger partial charge < -0.3 is 15.4 Å². The summed E-state index contributed by atoms with van der Waals surface area (Å²) in [5.41, 5.74) is 1.25. The van der Waals surface area contributed by atoms with Crippen molar-refractivity contribution in [3.05, 3.63) is 29.8 Å². The number of ether oxygens (including phenoxy) is 1. The third kappa shape index (κ3) is 7.04. The fourth-order valence-electron chi connectivity index (χ4n) is 3.11. The molecule has 23 heavy (non-hydrogen) atoms. The highest BCUT2D eigenvalue weighted by Gasteiger charge is 2.14. The van der Waals surface area contributed by atoms with E-state index in [0.29, 0.717) is 12.5 Å². The van der Waals surface area contributed by atoms with Crippen molar-refractivity contribution in [3.8, 4) is 5.75 Å². The summed E-state index contributed by atoms with van der Waals surface area (Å²) in [4.78, 5) is 12.0. The second-order valence-electron chi connectivity index (χ2n) is 6.36. The Bertz CT molecular complexity index is 468. The summed E-state index contributed by atoms with van der Waals surface area (Å²) in [6.07, 6.45) is 8.95. The number of carbonyl (C=O) groups is 1. The van der Waals surface area contributed by atoms with Gasteiger partial charge in [-0.25, -0.2) is 0 Å². The predicted molar refractivity (Wildman–Crippen MR) is 93.8 cm³/mol. The molecule has 1 fully saturated rings. The van der Waals surface area contributed by atoms with Crippen LogP contribution in [0.4, 0.5) is 0 Å². The lowest BCUT2D eigenvalue weighted by Gasteiger charge is -2.16. The lowest BCUT2D eigenvalue weighted by atomic mass is 10.1. The third-order valence-corrected chi connectivity index (χ3v) is 4.47. The van der Waals surface area contributed by atoms with Crippen molar-refractivity contribution in [1.29, 1.82) is 0 Å². The number of hydrogen-bond acceptors (Lipinski definition) is 3. The van der Waals surface area contributed by atoms with Crippen LogP contribution in [0.3, 0.4) is 0 Å². The van der Waals surface area contributed by atoms with E-state index in [2.05, 4.69) is 22.8 Å². The fraction of sp³-hybridized carbons (Fsp3) is 0.632. The van der Waals surface area contributed by atoms with Crippen LogP contribution in [-0.2, 0) is 11.2 Å². The number of amides is 1. The number of carbonyl (C=O) groups excluding carboxylic acids is 1. The summed E-state index contributed by atoms with van der Waals surface area (Å²) < 4.78 is 5.22. The van der Waals surface area contributed by atoms with Crippen LogP contribution in [0.1, 0.15) is 50.5 Å². The van der Waals surface area contributed by atoms with Crippen molar-refractivity contribution in [3.63, 3.8) is 0 Å². The second-order valence-corrected chi connectivity index (χ2v) is 6.36. The van der Waals surface area contributed by atoms with E-state index in [1.165, 1.54) is 31.2 Å². The first kappa shape index (κ1) is 17.8. The molecule has 0 saturated heterocycles. The number of methoxy groups -OCH3 is 1. The Morgan fingerprint density at radius 1 is 1.17 bits per heavy atom. The number of benzene rings is 1. The molecule has 1 saturated carbocycles. The zero-order valence-electron chi connectivity index (χ0n) is 14.3. The largest absolute Gasteiger partial charge is 0.497 e. The van der Waals surface area contributed by atoms with E-state index in [4.69, 9.17) is 4.74 Å². The van der Waals surface area contributed by atoms with Crippen LogP contribution < -0.4 is 15.4 Å². The van der Waals surface area contributed by atoms with Gasteiger partial charge >= 0.3 is 0 Å². The maximum atomic E-state index is 12.0. The van der Waals surface area contributed by atoms with Crippen molar-refractivity contribution in [1.82, 2.24) is 10.6 Å². The first-order valence-corrected chi connectivity index (χ1v) is 8.91. The van der Waals surface area contributed by atoms with Crippen molar-refractivity contribution in [2.24, 2.45) is 0 Å². The quantitative estimate of drug-likeness (QED) is 0.572. The van der Waals surface area contributed by atoms with E-state index < -0.39 is 0 Å². The molecule has 4 nitrogen and oxygen atoms in total. The van der Waals surface area contributed by atoms with Gasteiger partial charge in [0.25, 0.3) is 0 Å². The number of rotatable bonds is 8. The molecule has 0 spiro atoms. The van der Waals surface area contributed by atoms with E-state index >= 15 is 0 Å². The number of hydrogen-bond donors (Lipinski definition) is 2. The van der Waals surface area contributed by atoms with Crippen molar-refractivity contribution < 1.29 is 9.53 Å². The van der Waals surface area contributed by atoms with E-state index in [1.54, 1.807) is 7.11 Å². The van der Waals surface area contributed by atoms with Crippen LogP contribution in [0.25, 0.3) is 0 Å². The molecule has 0 atom stereocenters. The van der Waals surface area contributed by atoms with Crippen LogP contribution in [0.5, 0.6) is 5.75 Å². The first-order valence-electron chi connectivity index (χ1n) is 8.91. The Morgan fingerprint density at radius 2 is 1.96 bits per heavy atom. The molecule has 1 amide bonds. The van der Waals surface area contributed by atoms with Gasteiger partial charge in [0.05, 0.1) is 7.11 Å². The molecule has 128 valence electrons. The second kappa shape index (κ2) is 10.3. The molecular weight excluding hydrogens is 288 g/mol. The normalized spacial score (nSPS) is 15.9. The smallest absolute Gasteiger partial charge is 0.221 e. The van der Waals surface area contributed by atoms with E-state index in [0.717, 1.165) is 38.1 Å². The van der Waals surface area contributed by atoms with Gasteiger partial charge in [0.15, 0.2) is 0 Å². The van der Waals surface area contributed by atoms with Gasteiger partial charge in [-0.05, 0) is 43.5 Å². The summed E-state index contributed by atoms with van der Waals surface area (Å²) in [6, 6.07) is 8.52. The predicted octanol–water partition coefficient (Wildman–Crippen LogP) is 3.06. The van der Waals surface area contributed by atoms with Gasteiger partial charge in [-0.15, -0.1) is 0 Å². The molecule has 1 aliphatic rings. The van der Waals surface area contributed by atoms with Crippen LogP contribution in [0.15, 0.2) is 24.3 Å². The Labute approximate surface area is 140 Å². The molecule has 1 aromatic carbocycles. The lowest BCUT2D eigenvalue weighted by Crippen LogP contribution is -2.36. The van der Waals surface area contributed by atoms with Gasteiger partial charge in [-0.1, -0.05) is 37.8 Å². The average molecular weight is 318 g/mol. The highest BCUT2D eigenvalue weighted by Crippen LogP contribution is 2.17. The molecule has 4 heteroatoms. The molecule has 0 radical (unpaired) electrons. The summed E-state index contributed by atoms with van der Waals surface area (Å²) in [5.74, 6) is 1.08. The third-order valence-electron chi connectivity index (χ3n) is 4.47. The van der Waals surface area contributed by atoms with Crippen LogP contribution in [0, 0.1) is 0 Å². The maximum Gasteiger partial charge on any atom is 0.221 e. The zero-order chi connectivity index (χ0) is 16.3. The highest BCUT2D eigenvalue weighted by molar-refractivity contribution is 5.76. The van der Waals surface area contributed by atoms with Crippen LogP contribution >= 0.6 is 0 Å². The molecular formula is C19H30N2O2. The molecule has 2 N–H and O–H groups in total. The zero-order valence-corrected chi connectivity index (χ0v) is 14.3. The average Bonchev–Trinajstić information content (AvgIpc) is 2.83. The minimum Gasteiger partial charge on any atom is -0.497 e. The van der Waals surface area contributed by atoms with Gasteiger partial charge in [0.2, 0.25) is 5.91 Å². The lowest BCUT2D eigenvalue weighted by molar-refractivity contribution is -0.121. The summed E-state index contributed by atoms with van der Waals surface area (Å²) in [6.45, 7) is 1.62. The van der Waals surface area contributed by atoms with E-state index in [-0.39, 0.29) is 5.91 Å². The fourth-order valence-corrected chi connectivity index (χ4v) is 3.11. The van der Waals surface area contributed by atoms with E-state index in [9.17, 15) is 4.79 Å². The monoisotopic (exact) mass is 318 g/mol. The Kier molecular flexibility index (Phi) is 7.95. The van der Waals surface area contributed by atoms with Crippen molar-refractivity contribution in [2.75, 3.05) is 20.2 Å². The first-order chi connectivity index (χ1) is 11.3. The molecule has 0 aromatic heterocycles. The minimum absolute atomic E-state index is 0.186. The van der Waals surface area contributed by atoms with Crippen LogP contribution in [-0.4, -0.2) is 32.1 Å². The highest BCUT2D eigenvalue weighted by atomic mass is 16.5. The summed E-state index contributed by atoms with van der Waals surface area (Å²) >= 11 is 0.